The Bertz CT molecular complexity index is 1000. The molecule has 3 rings (SSSR count). The Morgan fingerprint density at radius 3 is 2.52 bits per heavy atom. The Labute approximate surface area is 146 Å². The molecule has 4 heteroatoms. The number of amides is 1. The van der Waals surface area contributed by atoms with Crippen LogP contribution in [0.4, 0.5) is 5.69 Å². The third-order valence-corrected chi connectivity index (χ3v) is 4.53. The van der Waals surface area contributed by atoms with Crippen LogP contribution in [0, 0.1) is 20.8 Å². The molecule has 0 spiro atoms. The Morgan fingerprint density at radius 1 is 0.960 bits per heavy atom. The van der Waals surface area contributed by atoms with Gasteiger partial charge in [0.05, 0.1) is 0 Å². The first-order valence-electron chi connectivity index (χ1n) is 8.42. The average Bonchev–Trinajstić information content (AvgIpc) is 2.57. The lowest BCUT2D eigenvalue weighted by atomic mass is 10.1. The number of nitrogens with one attached hydrogen (secondary N) is 2. The van der Waals surface area contributed by atoms with E-state index in [1.807, 2.05) is 49.4 Å². The molecule has 2 aromatic carbocycles. The third-order valence-electron chi connectivity index (χ3n) is 4.53. The number of anilines is 1. The van der Waals surface area contributed by atoms with Crippen molar-refractivity contribution in [1.29, 1.82) is 0 Å². The highest BCUT2D eigenvalue weighted by Crippen LogP contribution is 2.17. The molecule has 0 saturated heterocycles. The van der Waals surface area contributed by atoms with Gasteiger partial charge in [0.2, 0.25) is 5.91 Å². The normalized spacial score (nSPS) is 10.8. The number of aromatic nitrogens is 1. The zero-order valence-corrected chi connectivity index (χ0v) is 14.8. The molecule has 1 aromatic heterocycles. The van der Waals surface area contributed by atoms with E-state index in [-0.39, 0.29) is 11.5 Å². The molecule has 4 nitrogen and oxygen atoms in total. The summed E-state index contributed by atoms with van der Waals surface area (Å²) in [7, 11) is 0. The van der Waals surface area contributed by atoms with E-state index in [9.17, 15) is 9.59 Å². The van der Waals surface area contributed by atoms with Gasteiger partial charge < -0.3 is 10.3 Å². The summed E-state index contributed by atoms with van der Waals surface area (Å²) < 4.78 is 0. The highest BCUT2D eigenvalue weighted by atomic mass is 16.1. The number of hydrogen-bond acceptors (Lipinski definition) is 2. The van der Waals surface area contributed by atoms with Gasteiger partial charge in [-0.3, -0.25) is 9.59 Å². The second-order valence-corrected chi connectivity index (χ2v) is 6.55. The topological polar surface area (TPSA) is 62.0 Å². The number of aromatic amines is 1. The van der Waals surface area contributed by atoms with E-state index in [4.69, 9.17) is 0 Å². The van der Waals surface area contributed by atoms with E-state index >= 15 is 0 Å². The maximum Gasteiger partial charge on any atom is 0.251 e. The number of benzene rings is 2. The van der Waals surface area contributed by atoms with E-state index in [2.05, 4.69) is 17.2 Å². The number of carbonyl (C=O) groups excluding carboxylic acids is 1. The van der Waals surface area contributed by atoms with Crippen LogP contribution in [-0.4, -0.2) is 10.9 Å². The van der Waals surface area contributed by atoms with Crippen molar-refractivity contribution in [2.45, 2.75) is 33.6 Å². The number of H-pyrrole nitrogens is 1. The van der Waals surface area contributed by atoms with Crippen LogP contribution in [-0.2, 0) is 11.2 Å². The summed E-state index contributed by atoms with van der Waals surface area (Å²) >= 11 is 0. The Hall–Kier alpha value is -2.88. The SMILES string of the molecule is Cc1ccc(NC(=O)CCc2ccc3[nH]c(=O)c(C)cc3c2)cc1C. The first kappa shape index (κ1) is 17.0. The second kappa shape index (κ2) is 6.93. The molecule has 0 unspecified atom stereocenters. The van der Waals surface area contributed by atoms with Gasteiger partial charge in [0, 0.05) is 23.2 Å². The van der Waals surface area contributed by atoms with Crippen LogP contribution in [0.3, 0.4) is 0 Å². The molecule has 2 N–H and O–H groups in total. The zero-order chi connectivity index (χ0) is 18.0. The zero-order valence-electron chi connectivity index (χ0n) is 14.8. The Morgan fingerprint density at radius 2 is 1.76 bits per heavy atom. The summed E-state index contributed by atoms with van der Waals surface area (Å²) in [5, 5.41) is 3.94. The van der Waals surface area contributed by atoms with Gasteiger partial charge in [-0.05, 0) is 79.6 Å². The van der Waals surface area contributed by atoms with Crippen molar-refractivity contribution in [3.8, 4) is 0 Å². The van der Waals surface area contributed by atoms with Gasteiger partial charge in [-0.1, -0.05) is 12.1 Å². The van der Waals surface area contributed by atoms with E-state index in [0.717, 1.165) is 27.7 Å². The highest BCUT2D eigenvalue weighted by molar-refractivity contribution is 5.91. The second-order valence-electron chi connectivity index (χ2n) is 6.55. The van der Waals surface area contributed by atoms with Crippen LogP contribution in [0.25, 0.3) is 10.9 Å². The minimum atomic E-state index is -0.0620. The standard InChI is InChI=1S/C21H22N2O2/c1-13-4-7-18(11-14(13)2)22-20(24)9-6-16-5-8-19-17(12-16)10-15(3)21(25)23-19/h4-5,7-8,10-12H,6,9H2,1-3H3,(H,22,24)(H,23,25). The lowest BCUT2D eigenvalue weighted by molar-refractivity contribution is -0.116. The predicted octanol–water partition coefficient (Wildman–Crippen LogP) is 4.02. The maximum absolute atomic E-state index is 12.2. The third kappa shape index (κ3) is 3.97. The summed E-state index contributed by atoms with van der Waals surface area (Å²) in [5.41, 5.74) is 5.73. The fourth-order valence-corrected chi connectivity index (χ4v) is 2.82. The van der Waals surface area contributed by atoms with Gasteiger partial charge >= 0.3 is 0 Å². The Balaban J connectivity index is 1.67. The van der Waals surface area contributed by atoms with Crippen LogP contribution in [0.15, 0.2) is 47.3 Å². The largest absolute Gasteiger partial charge is 0.326 e. The smallest absolute Gasteiger partial charge is 0.251 e. The van der Waals surface area contributed by atoms with Crippen molar-refractivity contribution in [1.82, 2.24) is 4.98 Å². The lowest BCUT2D eigenvalue weighted by Gasteiger charge is -2.08. The summed E-state index contributed by atoms with van der Waals surface area (Å²) in [6.45, 7) is 5.88. The van der Waals surface area contributed by atoms with Crippen molar-refractivity contribution < 1.29 is 4.79 Å². The molecule has 0 aliphatic heterocycles. The molecule has 25 heavy (non-hydrogen) atoms. The van der Waals surface area contributed by atoms with Gasteiger partial charge in [-0.25, -0.2) is 0 Å². The van der Waals surface area contributed by atoms with Gasteiger partial charge in [0.25, 0.3) is 5.56 Å². The van der Waals surface area contributed by atoms with Gasteiger partial charge in [-0.15, -0.1) is 0 Å². The summed E-state index contributed by atoms with van der Waals surface area (Å²) in [6, 6.07) is 13.7. The van der Waals surface area contributed by atoms with Crippen molar-refractivity contribution in [2.75, 3.05) is 5.32 Å². The number of rotatable bonds is 4. The molecule has 0 atom stereocenters. The van der Waals surface area contributed by atoms with Crippen LogP contribution in [0.2, 0.25) is 0 Å². The van der Waals surface area contributed by atoms with E-state index in [0.29, 0.717) is 18.4 Å². The number of carbonyl (C=O) groups is 1. The monoisotopic (exact) mass is 334 g/mol. The first-order chi connectivity index (χ1) is 11.9. The Kier molecular flexibility index (Phi) is 4.70. The van der Waals surface area contributed by atoms with E-state index < -0.39 is 0 Å². The number of hydrogen-bond donors (Lipinski definition) is 2. The lowest BCUT2D eigenvalue weighted by Crippen LogP contribution is -2.12. The van der Waals surface area contributed by atoms with Crippen molar-refractivity contribution in [3.63, 3.8) is 0 Å². The van der Waals surface area contributed by atoms with Gasteiger partial charge in [0.1, 0.15) is 0 Å². The fourth-order valence-electron chi connectivity index (χ4n) is 2.82. The molecule has 3 aromatic rings. The van der Waals surface area contributed by atoms with Crippen LogP contribution >= 0.6 is 0 Å². The first-order valence-corrected chi connectivity index (χ1v) is 8.42. The average molecular weight is 334 g/mol. The summed E-state index contributed by atoms with van der Waals surface area (Å²) in [5.74, 6) is 0.000925. The summed E-state index contributed by atoms with van der Waals surface area (Å²) in [6.07, 6.45) is 1.07. The predicted molar refractivity (Wildman–Crippen MR) is 102 cm³/mol. The highest BCUT2D eigenvalue weighted by Gasteiger charge is 2.06. The van der Waals surface area contributed by atoms with Crippen molar-refractivity contribution >= 4 is 22.5 Å². The van der Waals surface area contributed by atoms with E-state index in [1.54, 1.807) is 6.92 Å². The molecule has 0 bridgehead atoms. The molecular formula is C21H22N2O2. The molecule has 0 aliphatic rings. The van der Waals surface area contributed by atoms with Gasteiger partial charge in [0.15, 0.2) is 0 Å². The minimum Gasteiger partial charge on any atom is -0.326 e. The fraction of sp³-hybridized carbons (Fsp3) is 0.238. The van der Waals surface area contributed by atoms with Gasteiger partial charge in [-0.2, -0.15) is 0 Å². The number of pyridine rings is 1. The van der Waals surface area contributed by atoms with Crippen molar-refractivity contribution in [3.05, 3.63) is 75.1 Å². The molecule has 0 fully saturated rings. The van der Waals surface area contributed by atoms with E-state index in [1.165, 1.54) is 5.56 Å². The van der Waals surface area contributed by atoms with Crippen LogP contribution < -0.4 is 10.9 Å². The minimum absolute atomic E-state index is 0.000925. The number of aryl methyl sites for hydroxylation is 4. The number of fused-ring (bicyclic) bond motifs is 1. The van der Waals surface area contributed by atoms with Crippen molar-refractivity contribution in [2.24, 2.45) is 0 Å². The van der Waals surface area contributed by atoms with Crippen LogP contribution in [0.1, 0.15) is 28.7 Å². The molecule has 0 radical (unpaired) electrons. The molecule has 0 saturated carbocycles. The molecule has 128 valence electrons. The maximum atomic E-state index is 12.2. The molecular weight excluding hydrogens is 312 g/mol. The van der Waals surface area contributed by atoms with Crippen LogP contribution in [0.5, 0.6) is 0 Å². The molecule has 0 aliphatic carbocycles. The molecule has 1 amide bonds. The quantitative estimate of drug-likeness (QED) is 0.757. The summed E-state index contributed by atoms with van der Waals surface area (Å²) in [4.78, 5) is 26.7. The molecule has 1 heterocycles.